The molecule has 0 fully saturated rings. The highest BCUT2D eigenvalue weighted by Crippen LogP contribution is 2.19. The molecule has 2 rings (SSSR count). The Morgan fingerprint density at radius 3 is 2.50 bits per heavy atom. The van der Waals surface area contributed by atoms with E-state index in [0.29, 0.717) is 12.1 Å². The Hall–Kier alpha value is -2.29. The summed E-state index contributed by atoms with van der Waals surface area (Å²) in [6.07, 6.45) is 0. The molecule has 0 aliphatic carbocycles. The highest BCUT2D eigenvalue weighted by molar-refractivity contribution is 5.99. The zero-order chi connectivity index (χ0) is 14.5. The Balaban J connectivity index is 2.18. The first-order valence-corrected chi connectivity index (χ1v) is 6.69. The predicted octanol–water partition coefficient (Wildman–Crippen LogP) is 3.31. The summed E-state index contributed by atoms with van der Waals surface area (Å²) >= 11 is 0. The smallest absolute Gasteiger partial charge is 0.255 e. The van der Waals surface area contributed by atoms with E-state index < -0.39 is 0 Å². The molecule has 20 heavy (non-hydrogen) atoms. The van der Waals surface area contributed by atoms with Crippen LogP contribution in [0.3, 0.4) is 0 Å². The van der Waals surface area contributed by atoms with Gasteiger partial charge < -0.3 is 10.2 Å². The molecular formula is C17H20N2O. The molecule has 3 heteroatoms. The second-order valence-corrected chi connectivity index (χ2v) is 4.95. The average molecular weight is 268 g/mol. The minimum Gasteiger partial charge on any atom is -0.387 e. The summed E-state index contributed by atoms with van der Waals surface area (Å²) in [5.41, 5.74) is 3.84. The lowest BCUT2D eigenvalue weighted by Crippen LogP contribution is -2.26. The first-order chi connectivity index (χ1) is 9.61. The van der Waals surface area contributed by atoms with Gasteiger partial charge in [-0.05, 0) is 30.2 Å². The first-order valence-electron chi connectivity index (χ1n) is 6.69. The Morgan fingerprint density at radius 2 is 1.85 bits per heavy atom. The molecule has 2 aromatic carbocycles. The van der Waals surface area contributed by atoms with Crippen LogP contribution in [-0.4, -0.2) is 24.9 Å². The fourth-order valence-corrected chi connectivity index (χ4v) is 2.19. The van der Waals surface area contributed by atoms with Crippen LogP contribution < -0.4 is 5.32 Å². The molecule has 1 amide bonds. The minimum atomic E-state index is 0.0261. The molecule has 0 aliphatic heterocycles. The number of nitrogens with zero attached hydrogens (tertiary/aromatic N) is 1. The monoisotopic (exact) mass is 268 g/mol. The molecule has 1 N–H and O–H groups in total. The summed E-state index contributed by atoms with van der Waals surface area (Å²) in [5.74, 6) is 0.0261. The average Bonchev–Trinajstić information content (AvgIpc) is 2.47. The normalized spacial score (nSPS) is 10.2. The number of amides is 1. The SMILES string of the molecule is CNc1cc(C)ccc1C(=O)N(C)Cc1ccccc1. The van der Waals surface area contributed by atoms with Crippen LogP contribution in [0.4, 0.5) is 5.69 Å². The largest absolute Gasteiger partial charge is 0.387 e. The van der Waals surface area contributed by atoms with Crippen molar-refractivity contribution in [2.24, 2.45) is 0 Å². The van der Waals surface area contributed by atoms with E-state index in [1.807, 2.05) is 69.6 Å². The summed E-state index contributed by atoms with van der Waals surface area (Å²) in [5, 5.41) is 3.09. The maximum absolute atomic E-state index is 12.5. The number of carbonyl (C=O) groups excluding carboxylic acids is 1. The third kappa shape index (κ3) is 3.18. The first kappa shape index (κ1) is 14.1. The van der Waals surface area contributed by atoms with Gasteiger partial charge in [0.2, 0.25) is 0 Å². The second-order valence-electron chi connectivity index (χ2n) is 4.95. The molecular weight excluding hydrogens is 248 g/mol. The standard InChI is InChI=1S/C17H20N2O/c1-13-9-10-15(16(11-13)18-2)17(20)19(3)12-14-7-5-4-6-8-14/h4-11,18H,12H2,1-3H3. The summed E-state index contributed by atoms with van der Waals surface area (Å²) in [7, 11) is 3.66. The molecule has 2 aromatic rings. The highest BCUT2D eigenvalue weighted by Gasteiger charge is 2.15. The fraction of sp³-hybridized carbons (Fsp3) is 0.235. The van der Waals surface area contributed by atoms with Crippen molar-refractivity contribution in [3.63, 3.8) is 0 Å². The predicted molar refractivity (Wildman–Crippen MR) is 83.0 cm³/mol. The Kier molecular flexibility index (Phi) is 4.41. The van der Waals surface area contributed by atoms with Crippen molar-refractivity contribution in [2.45, 2.75) is 13.5 Å². The molecule has 3 nitrogen and oxygen atoms in total. The Morgan fingerprint density at radius 1 is 1.15 bits per heavy atom. The molecule has 0 bridgehead atoms. The fourth-order valence-electron chi connectivity index (χ4n) is 2.19. The van der Waals surface area contributed by atoms with Gasteiger partial charge in [-0.1, -0.05) is 36.4 Å². The van der Waals surface area contributed by atoms with Gasteiger partial charge in [-0.3, -0.25) is 4.79 Å². The van der Waals surface area contributed by atoms with E-state index in [9.17, 15) is 4.79 Å². The van der Waals surface area contributed by atoms with Gasteiger partial charge in [-0.25, -0.2) is 0 Å². The molecule has 0 unspecified atom stereocenters. The van der Waals surface area contributed by atoms with E-state index in [4.69, 9.17) is 0 Å². The number of anilines is 1. The quantitative estimate of drug-likeness (QED) is 0.922. The van der Waals surface area contributed by atoms with E-state index in [1.165, 1.54) is 0 Å². The number of rotatable bonds is 4. The van der Waals surface area contributed by atoms with Crippen LogP contribution in [0.15, 0.2) is 48.5 Å². The number of hydrogen-bond acceptors (Lipinski definition) is 2. The van der Waals surface area contributed by atoms with Gasteiger partial charge in [-0.2, -0.15) is 0 Å². The van der Waals surface area contributed by atoms with Crippen LogP contribution >= 0.6 is 0 Å². The maximum atomic E-state index is 12.5. The maximum Gasteiger partial charge on any atom is 0.255 e. The lowest BCUT2D eigenvalue weighted by Gasteiger charge is -2.19. The van der Waals surface area contributed by atoms with Crippen LogP contribution in [0.5, 0.6) is 0 Å². The van der Waals surface area contributed by atoms with Crippen molar-refractivity contribution in [3.05, 3.63) is 65.2 Å². The molecule has 104 valence electrons. The van der Waals surface area contributed by atoms with E-state index >= 15 is 0 Å². The zero-order valence-electron chi connectivity index (χ0n) is 12.2. The zero-order valence-corrected chi connectivity index (χ0v) is 12.2. The van der Waals surface area contributed by atoms with Crippen LogP contribution in [0.2, 0.25) is 0 Å². The molecule has 0 saturated heterocycles. The summed E-state index contributed by atoms with van der Waals surface area (Å²) < 4.78 is 0. The molecule has 0 atom stereocenters. The van der Waals surface area contributed by atoms with Crippen LogP contribution in [0, 0.1) is 6.92 Å². The third-order valence-corrected chi connectivity index (χ3v) is 3.28. The second kappa shape index (κ2) is 6.24. The molecule has 0 heterocycles. The minimum absolute atomic E-state index is 0.0261. The lowest BCUT2D eigenvalue weighted by molar-refractivity contribution is 0.0786. The van der Waals surface area contributed by atoms with E-state index in [1.54, 1.807) is 4.90 Å². The molecule has 0 aliphatic rings. The van der Waals surface area contributed by atoms with E-state index in [-0.39, 0.29) is 5.91 Å². The van der Waals surface area contributed by atoms with E-state index in [0.717, 1.165) is 16.8 Å². The third-order valence-electron chi connectivity index (χ3n) is 3.28. The highest BCUT2D eigenvalue weighted by atomic mass is 16.2. The van der Waals surface area contributed by atoms with Gasteiger partial charge in [-0.15, -0.1) is 0 Å². The molecule has 0 radical (unpaired) electrons. The number of aryl methyl sites for hydroxylation is 1. The van der Waals surface area contributed by atoms with E-state index in [2.05, 4.69) is 5.32 Å². The van der Waals surface area contributed by atoms with Crippen LogP contribution in [0.1, 0.15) is 21.5 Å². The number of carbonyl (C=O) groups is 1. The molecule has 0 spiro atoms. The Labute approximate surface area is 120 Å². The van der Waals surface area contributed by atoms with Crippen molar-refractivity contribution >= 4 is 11.6 Å². The van der Waals surface area contributed by atoms with Gasteiger partial charge in [0, 0.05) is 26.3 Å². The molecule has 0 saturated carbocycles. The molecule has 0 aromatic heterocycles. The number of benzene rings is 2. The van der Waals surface area contributed by atoms with Gasteiger partial charge in [0.15, 0.2) is 0 Å². The van der Waals surface area contributed by atoms with Crippen molar-refractivity contribution in [2.75, 3.05) is 19.4 Å². The van der Waals surface area contributed by atoms with Crippen LogP contribution in [0.25, 0.3) is 0 Å². The van der Waals surface area contributed by atoms with Crippen LogP contribution in [-0.2, 0) is 6.54 Å². The topological polar surface area (TPSA) is 32.3 Å². The van der Waals surface area contributed by atoms with Crippen molar-refractivity contribution < 1.29 is 4.79 Å². The van der Waals surface area contributed by atoms with Crippen molar-refractivity contribution in [3.8, 4) is 0 Å². The Bertz CT molecular complexity index is 593. The van der Waals surface area contributed by atoms with Gasteiger partial charge in [0.05, 0.1) is 5.56 Å². The van der Waals surface area contributed by atoms with Gasteiger partial charge in [0.25, 0.3) is 5.91 Å². The number of hydrogen-bond donors (Lipinski definition) is 1. The van der Waals surface area contributed by atoms with Crippen molar-refractivity contribution in [1.82, 2.24) is 4.90 Å². The summed E-state index contributed by atoms with van der Waals surface area (Å²) in [6, 6.07) is 15.8. The van der Waals surface area contributed by atoms with Gasteiger partial charge >= 0.3 is 0 Å². The summed E-state index contributed by atoms with van der Waals surface area (Å²) in [6.45, 7) is 2.62. The number of nitrogens with one attached hydrogen (secondary N) is 1. The van der Waals surface area contributed by atoms with Gasteiger partial charge in [0.1, 0.15) is 0 Å². The summed E-state index contributed by atoms with van der Waals surface area (Å²) in [4.78, 5) is 14.3. The lowest BCUT2D eigenvalue weighted by atomic mass is 10.1. The van der Waals surface area contributed by atoms with Crippen molar-refractivity contribution in [1.29, 1.82) is 0 Å².